The van der Waals surface area contributed by atoms with Crippen molar-refractivity contribution in [3.63, 3.8) is 0 Å². The maximum absolute atomic E-state index is 10.1. The highest BCUT2D eigenvalue weighted by atomic mass is 32.1. The molecular formula is C12H14O2S. The number of aliphatic hydroxyl groups excluding tert-OH is 1. The smallest absolute Gasteiger partial charge is 0.146 e. The maximum Gasteiger partial charge on any atom is 0.146 e. The third-order valence-corrected chi connectivity index (χ3v) is 3.52. The van der Waals surface area contributed by atoms with Crippen molar-refractivity contribution in [3.05, 3.63) is 45.5 Å². The first-order valence-electron chi connectivity index (χ1n) is 5.03. The molecule has 2 nitrogen and oxygen atoms in total. The van der Waals surface area contributed by atoms with E-state index in [-0.39, 0.29) is 0 Å². The van der Waals surface area contributed by atoms with Crippen molar-refractivity contribution in [2.45, 2.75) is 26.4 Å². The largest absolute Gasteiger partial charge is 0.463 e. The van der Waals surface area contributed by atoms with Gasteiger partial charge in [-0.2, -0.15) is 0 Å². The summed E-state index contributed by atoms with van der Waals surface area (Å²) in [6, 6.07) is 5.77. The number of aliphatic hydroxyl groups is 1. The molecule has 2 aromatic rings. The van der Waals surface area contributed by atoms with Crippen molar-refractivity contribution in [3.8, 4) is 0 Å². The number of hydrogen-bond acceptors (Lipinski definition) is 3. The molecule has 0 spiro atoms. The van der Waals surface area contributed by atoms with Gasteiger partial charge in [0.1, 0.15) is 17.6 Å². The number of rotatable bonds is 3. The van der Waals surface area contributed by atoms with Crippen molar-refractivity contribution in [1.82, 2.24) is 0 Å². The summed E-state index contributed by atoms with van der Waals surface area (Å²) in [7, 11) is 0. The molecule has 2 heterocycles. The van der Waals surface area contributed by atoms with Crippen LogP contribution in [-0.2, 0) is 6.42 Å². The molecule has 1 N–H and O–H groups in total. The predicted octanol–water partition coefficient (Wildman–Crippen LogP) is 3.29. The molecule has 0 aliphatic rings. The van der Waals surface area contributed by atoms with Gasteiger partial charge < -0.3 is 9.52 Å². The van der Waals surface area contributed by atoms with Crippen LogP contribution in [0.1, 0.15) is 35.0 Å². The van der Waals surface area contributed by atoms with Gasteiger partial charge in [-0.3, -0.25) is 0 Å². The molecule has 1 atom stereocenters. The molecule has 0 aromatic carbocycles. The van der Waals surface area contributed by atoms with E-state index < -0.39 is 6.10 Å². The number of hydrogen-bond donors (Lipinski definition) is 1. The Labute approximate surface area is 93.2 Å². The van der Waals surface area contributed by atoms with Gasteiger partial charge in [0.05, 0.1) is 0 Å². The second kappa shape index (κ2) is 4.21. The van der Waals surface area contributed by atoms with Gasteiger partial charge in [0, 0.05) is 11.3 Å². The summed E-state index contributed by atoms with van der Waals surface area (Å²) in [6.07, 6.45) is 0.237. The minimum atomic E-state index is -0.620. The molecule has 80 valence electrons. The van der Waals surface area contributed by atoms with E-state index in [0.29, 0.717) is 5.76 Å². The van der Waals surface area contributed by atoms with Crippen LogP contribution < -0.4 is 0 Å². The second-order valence-electron chi connectivity index (χ2n) is 3.53. The van der Waals surface area contributed by atoms with Crippen LogP contribution in [-0.4, -0.2) is 5.11 Å². The zero-order chi connectivity index (χ0) is 10.8. The van der Waals surface area contributed by atoms with Crippen molar-refractivity contribution in [2.75, 3.05) is 0 Å². The molecule has 0 fully saturated rings. The summed E-state index contributed by atoms with van der Waals surface area (Å²) in [6.45, 7) is 4.03. The Bertz CT molecular complexity index is 442. The standard InChI is InChI=1S/C12H14O2S/c1-3-9-4-5-10(14-9)11(13)12-8(2)6-7-15-12/h4-7,11,13H,3H2,1-2H3. The summed E-state index contributed by atoms with van der Waals surface area (Å²) < 4.78 is 5.53. The van der Waals surface area contributed by atoms with E-state index in [9.17, 15) is 5.11 Å². The fourth-order valence-electron chi connectivity index (χ4n) is 1.53. The Morgan fingerprint density at radius 3 is 2.73 bits per heavy atom. The summed E-state index contributed by atoms with van der Waals surface area (Å²) in [4.78, 5) is 0.965. The fourth-order valence-corrected chi connectivity index (χ4v) is 2.44. The molecule has 0 amide bonds. The highest BCUT2D eigenvalue weighted by molar-refractivity contribution is 7.10. The van der Waals surface area contributed by atoms with E-state index in [1.165, 1.54) is 0 Å². The maximum atomic E-state index is 10.1. The lowest BCUT2D eigenvalue weighted by Gasteiger charge is -2.06. The molecule has 0 radical (unpaired) electrons. The Hall–Kier alpha value is -1.06. The van der Waals surface area contributed by atoms with Gasteiger partial charge in [-0.05, 0) is 36.1 Å². The quantitative estimate of drug-likeness (QED) is 0.864. The Kier molecular flexibility index (Phi) is 2.93. The zero-order valence-electron chi connectivity index (χ0n) is 8.86. The molecular weight excluding hydrogens is 208 g/mol. The molecule has 15 heavy (non-hydrogen) atoms. The van der Waals surface area contributed by atoms with Crippen LogP contribution in [0.15, 0.2) is 28.0 Å². The van der Waals surface area contributed by atoms with Crippen LogP contribution in [0, 0.1) is 6.92 Å². The van der Waals surface area contributed by atoms with Crippen molar-refractivity contribution in [2.24, 2.45) is 0 Å². The molecule has 0 aliphatic carbocycles. The van der Waals surface area contributed by atoms with Crippen LogP contribution in [0.5, 0.6) is 0 Å². The molecule has 1 unspecified atom stereocenters. The molecule has 3 heteroatoms. The molecule has 0 saturated heterocycles. The Balaban J connectivity index is 2.28. The topological polar surface area (TPSA) is 33.4 Å². The summed E-state index contributed by atoms with van der Waals surface area (Å²) >= 11 is 1.56. The monoisotopic (exact) mass is 222 g/mol. The molecule has 0 aliphatic heterocycles. The van der Waals surface area contributed by atoms with E-state index in [1.807, 2.05) is 37.4 Å². The van der Waals surface area contributed by atoms with Crippen LogP contribution in [0.3, 0.4) is 0 Å². The number of furan rings is 1. The summed E-state index contributed by atoms with van der Waals surface area (Å²) in [5.41, 5.74) is 1.11. The highest BCUT2D eigenvalue weighted by Gasteiger charge is 2.17. The second-order valence-corrected chi connectivity index (χ2v) is 4.48. The van der Waals surface area contributed by atoms with Gasteiger partial charge in [0.2, 0.25) is 0 Å². The van der Waals surface area contributed by atoms with Crippen molar-refractivity contribution >= 4 is 11.3 Å². The normalized spacial score (nSPS) is 13.0. The highest BCUT2D eigenvalue weighted by Crippen LogP contribution is 2.30. The van der Waals surface area contributed by atoms with Crippen LogP contribution in [0.4, 0.5) is 0 Å². The van der Waals surface area contributed by atoms with Crippen LogP contribution in [0.25, 0.3) is 0 Å². The van der Waals surface area contributed by atoms with E-state index in [4.69, 9.17) is 4.42 Å². The average molecular weight is 222 g/mol. The van der Waals surface area contributed by atoms with Gasteiger partial charge in [-0.1, -0.05) is 6.92 Å². The van der Waals surface area contributed by atoms with Crippen LogP contribution in [0.2, 0.25) is 0 Å². The summed E-state index contributed by atoms with van der Waals surface area (Å²) in [5, 5.41) is 12.1. The first-order chi connectivity index (χ1) is 7.22. The lowest BCUT2D eigenvalue weighted by molar-refractivity contribution is 0.190. The van der Waals surface area contributed by atoms with E-state index in [0.717, 1.165) is 22.6 Å². The predicted molar refractivity (Wildman–Crippen MR) is 61.2 cm³/mol. The van der Waals surface area contributed by atoms with Gasteiger partial charge in [0.15, 0.2) is 0 Å². The lowest BCUT2D eigenvalue weighted by atomic mass is 10.1. The van der Waals surface area contributed by atoms with Gasteiger partial charge in [0.25, 0.3) is 0 Å². The van der Waals surface area contributed by atoms with Crippen molar-refractivity contribution in [1.29, 1.82) is 0 Å². The number of aryl methyl sites for hydroxylation is 2. The lowest BCUT2D eigenvalue weighted by Crippen LogP contribution is -1.96. The first kappa shape index (κ1) is 10.5. The zero-order valence-corrected chi connectivity index (χ0v) is 9.67. The van der Waals surface area contributed by atoms with E-state index in [1.54, 1.807) is 11.3 Å². The summed E-state index contributed by atoms with van der Waals surface area (Å²) in [5.74, 6) is 1.55. The minimum Gasteiger partial charge on any atom is -0.463 e. The third-order valence-electron chi connectivity index (χ3n) is 2.45. The Morgan fingerprint density at radius 1 is 1.40 bits per heavy atom. The van der Waals surface area contributed by atoms with E-state index >= 15 is 0 Å². The van der Waals surface area contributed by atoms with Crippen LogP contribution >= 0.6 is 11.3 Å². The SMILES string of the molecule is CCc1ccc(C(O)c2sccc2C)o1. The third kappa shape index (κ3) is 1.98. The van der Waals surface area contributed by atoms with Gasteiger partial charge in [-0.15, -0.1) is 11.3 Å². The number of thiophene rings is 1. The van der Waals surface area contributed by atoms with Crippen molar-refractivity contribution < 1.29 is 9.52 Å². The molecule has 0 saturated carbocycles. The van der Waals surface area contributed by atoms with Gasteiger partial charge in [-0.25, -0.2) is 0 Å². The van der Waals surface area contributed by atoms with E-state index in [2.05, 4.69) is 0 Å². The molecule has 2 aromatic heterocycles. The minimum absolute atomic E-state index is 0.620. The van der Waals surface area contributed by atoms with Gasteiger partial charge >= 0.3 is 0 Å². The fraction of sp³-hybridized carbons (Fsp3) is 0.333. The first-order valence-corrected chi connectivity index (χ1v) is 5.91. The molecule has 0 bridgehead atoms. The average Bonchev–Trinajstić information content (AvgIpc) is 2.84. The molecule has 2 rings (SSSR count). The Morgan fingerprint density at radius 2 is 2.20 bits per heavy atom.